The molecule has 2 heterocycles. The summed E-state index contributed by atoms with van der Waals surface area (Å²) in [7, 11) is 0. The van der Waals surface area contributed by atoms with Gasteiger partial charge >= 0.3 is 0 Å². The maximum absolute atomic E-state index is 13.2. The molecule has 0 saturated carbocycles. The Morgan fingerprint density at radius 2 is 0.955 bits per heavy atom. The summed E-state index contributed by atoms with van der Waals surface area (Å²) >= 11 is 0. The van der Waals surface area contributed by atoms with Crippen molar-refractivity contribution >= 4 is 5.91 Å². The number of ether oxygens (including phenoxy) is 4. The number of nitrogens with one attached hydrogen (secondary N) is 1. The number of hydrogen-bond donors (Lipinski definition) is 9. The van der Waals surface area contributed by atoms with Crippen molar-refractivity contribution in [3.05, 3.63) is 48.6 Å². The summed E-state index contributed by atoms with van der Waals surface area (Å²) in [6.45, 7) is 2.74. The quantitative estimate of drug-likeness (QED) is 0.0218. The summed E-state index contributed by atoms with van der Waals surface area (Å²) in [6.07, 6.45) is 30.0. The minimum Gasteiger partial charge on any atom is -0.394 e. The van der Waals surface area contributed by atoms with E-state index in [1.165, 1.54) is 89.9 Å². The number of carbonyl (C=O) groups excluding carboxylic acids is 1. The number of carbonyl (C=O) groups is 1. The van der Waals surface area contributed by atoms with Gasteiger partial charge in [-0.25, -0.2) is 0 Å². The van der Waals surface area contributed by atoms with Gasteiger partial charge in [0.15, 0.2) is 12.6 Å². The summed E-state index contributed by atoms with van der Waals surface area (Å²) in [4.78, 5) is 13.2. The van der Waals surface area contributed by atoms with E-state index in [2.05, 4.69) is 55.6 Å². The van der Waals surface area contributed by atoms with Crippen molar-refractivity contribution in [3.63, 3.8) is 0 Å². The van der Waals surface area contributed by atoms with E-state index in [9.17, 15) is 45.6 Å². The molecule has 12 atom stereocenters. The maximum Gasteiger partial charge on any atom is 0.220 e. The van der Waals surface area contributed by atoms with Gasteiger partial charge in [-0.2, -0.15) is 0 Å². The van der Waals surface area contributed by atoms with Gasteiger partial charge in [0.2, 0.25) is 5.91 Å². The Morgan fingerprint density at radius 1 is 0.522 bits per heavy atom. The van der Waals surface area contributed by atoms with Crippen molar-refractivity contribution in [1.82, 2.24) is 5.32 Å². The number of unbranched alkanes of at least 4 members (excludes halogenated alkanes) is 21. The van der Waals surface area contributed by atoms with Crippen LogP contribution in [-0.4, -0.2) is 140 Å². The topological polar surface area (TPSA) is 228 Å². The molecule has 14 nitrogen and oxygen atoms in total. The van der Waals surface area contributed by atoms with Gasteiger partial charge in [0, 0.05) is 6.42 Å². The zero-order valence-electron chi connectivity index (χ0n) is 41.4. The van der Waals surface area contributed by atoms with Crippen LogP contribution in [0.15, 0.2) is 48.6 Å². The molecule has 0 aromatic rings. The summed E-state index contributed by atoms with van der Waals surface area (Å²) < 4.78 is 22.7. The van der Waals surface area contributed by atoms with Crippen LogP contribution in [0.3, 0.4) is 0 Å². The van der Waals surface area contributed by atoms with Gasteiger partial charge in [-0.05, 0) is 70.6 Å². The monoisotopic (exact) mass is 954 g/mol. The highest BCUT2D eigenvalue weighted by atomic mass is 16.7. The first kappa shape index (κ1) is 61.1. The fourth-order valence-electron chi connectivity index (χ4n) is 8.37. The Bertz CT molecular complexity index is 1310. The number of rotatable bonds is 40. The smallest absolute Gasteiger partial charge is 0.220 e. The lowest BCUT2D eigenvalue weighted by atomic mass is 9.97. The predicted molar refractivity (Wildman–Crippen MR) is 263 cm³/mol. The first-order valence-corrected chi connectivity index (χ1v) is 26.4. The molecule has 9 N–H and O–H groups in total. The normalized spacial score (nSPS) is 27.0. The Kier molecular flexibility index (Phi) is 36.1. The molecule has 2 aliphatic heterocycles. The van der Waals surface area contributed by atoms with E-state index in [0.29, 0.717) is 12.8 Å². The lowest BCUT2D eigenvalue weighted by Crippen LogP contribution is -2.65. The Morgan fingerprint density at radius 3 is 1.46 bits per heavy atom. The highest BCUT2D eigenvalue weighted by Gasteiger charge is 2.51. The Balaban J connectivity index is 1.87. The van der Waals surface area contributed by atoms with Crippen LogP contribution in [0, 0.1) is 0 Å². The fourth-order valence-corrected chi connectivity index (χ4v) is 8.37. The van der Waals surface area contributed by atoms with Gasteiger partial charge in [-0.3, -0.25) is 4.79 Å². The van der Waals surface area contributed by atoms with Crippen LogP contribution >= 0.6 is 0 Å². The van der Waals surface area contributed by atoms with Crippen LogP contribution in [0.2, 0.25) is 0 Å². The molecule has 0 spiro atoms. The second-order valence-corrected chi connectivity index (χ2v) is 18.6. The zero-order chi connectivity index (χ0) is 48.9. The standard InChI is InChI=1S/C53H95NO13/c1-3-5-7-9-11-13-15-17-19-20-21-23-24-26-28-30-32-34-36-42(57)41(54-45(58)37-35-33-31-29-27-25-22-18-16-14-12-10-8-6-4-2)40-64-52-50(63)48(61)51(44(39-56)66-52)67-53-49(62)47(60)46(59)43(38-55)65-53/h18,20-22,26,28,34,36,41-44,46-53,55-57,59-63H,3-17,19,23-25,27,29-33,35,37-40H2,1-2H3,(H,54,58)/b21-20+,22-18-,28-26+,36-34+. The lowest BCUT2D eigenvalue weighted by molar-refractivity contribution is -0.359. The molecule has 0 aromatic carbocycles. The van der Waals surface area contributed by atoms with Crippen LogP contribution in [0.1, 0.15) is 187 Å². The largest absolute Gasteiger partial charge is 0.394 e. The average Bonchev–Trinajstić information content (AvgIpc) is 3.32. The molecular weight excluding hydrogens is 859 g/mol. The molecule has 67 heavy (non-hydrogen) atoms. The SMILES string of the molecule is CCCCCCCC/C=C\CCCCCCCC(=O)NC(COC1OC(CO)C(OC2OC(CO)C(O)C(O)C2O)C(O)C1O)C(O)/C=C/CC/C=C/CC/C=C/CCCCCCCCCC. The molecule has 14 heteroatoms. The van der Waals surface area contributed by atoms with E-state index in [-0.39, 0.29) is 18.9 Å². The van der Waals surface area contributed by atoms with E-state index < -0.39 is 86.8 Å². The zero-order valence-corrected chi connectivity index (χ0v) is 41.4. The van der Waals surface area contributed by atoms with E-state index in [1.54, 1.807) is 6.08 Å². The molecule has 0 aromatic heterocycles. The third-order valence-electron chi connectivity index (χ3n) is 12.7. The molecule has 2 aliphatic rings. The van der Waals surface area contributed by atoms with E-state index >= 15 is 0 Å². The lowest BCUT2D eigenvalue weighted by Gasteiger charge is -2.46. The molecule has 2 saturated heterocycles. The summed E-state index contributed by atoms with van der Waals surface area (Å²) in [5.41, 5.74) is 0. The van der Waals surface area contributed by atoms with Crippen LogP contribution in [-0.2, 0) is 23.7 Å². The highest BCUT2D eigenvalue weighted by molar-refractivity contribution is 5.76. The van der Waals surface area contributed by atoms with Crippen molar-refractivity contribution in [2.24, 2.45) is 0 Å². The van der Waals surface area contributed by atoms with Crippen molar-refractivity contribution in [1.29, 1.82) is 0 Å². The first-order valence-electron chi connectivity index (χ1n) is 26.4. The molecular formula is C53H95NO13. The molecule has 1 amide bonds. The maximum atomic E-state index is 13.2. The molecule has 390 valence electrons. The van der Waals surface area contributed by atoms with Crippen LogP contribution in [0.4, 0.5) is 0 Å². The minimum atomic E-state index is -1.79. The second kappa shape index (κ2) is 39.6. The summed E-state index contributed by atoms with van der Waals surface area (Å²) in [5.74, 6) is -0.264. The number of aliphatic hydroxyl groups is 8. The molecule has 0 bridgehead atoms. The molecule has 0 radical (unpaired) electrons. The molecule has 12 unspecified atom stereocenters. The van der Waals surface area contributed by atoms with Gasteiger partial charge in [-0.15, -0.1) is 0 Å². The Hall–Kier alpha value is -2.05. The first-order chi connectivity index (χ1) is 32.6. The number of allylic oxidation sites excluding steroid dienone is 7. The highest BCUT2D eigenvalue weighted by Crippen LogP contribution is 2.30. The third-order valence-corrected chi connectivity index (χ3v) is 12.7. The predicted octanol–water partition coefficient (Wildman–Crippen LogP) is 7.27. The number of hydrogen-bond acceptors (Lipinski definition) is 13. The molecule has 2 fully saturated rings. The van der Waals surface area contributed by atoms with Gasteiger partial charge < -0.3 is 65.1 Å². The summed E-state index contributed by atoms with van der Waals surface area (Å²) in [5, 5.41) is 86.8. The molecule has 0 aliphatic carbocycles. The van der Waals surface area contributed by atoms with Crippen LogP contribution in [0.5, 0.6) is 0 Å². The van der Waals surface area contributed by atoms with Crippen molar-refractivity contribution in [2.45, 2.75) is 261 Å². The van der Waals surface area contributed by atoms with E-state index in [0.717, 1.165) is 64.2 Å². The van der Waals surface area contributed by atoms with Crippen molar-refractivity contribution < 1.29 is 64.6 Å². The third kappa shape index (κ3) is 26.7. The second-order valence-electron chi connectivity index (χ2n) is 18.6. The van der Waals surface area contributed by atoms with Gasteiger partial charge in [0.1, 0.15) is 48.8 Å². The summed E-state index contributed by atoms with van der Waals surface area (Å²) in [6, 6.07) is -0.941. The van der Waals surface area contributed by atoms with Crippen LogP contribution < -0.4 is 5.32 Å². The molecule has 2 rings (SSSR count). The average molecular weight is 954 g/mol. The number of aliphatic hydroxyl groups excluding tert-OH is 8. The van der Waals surface area contributed by atoms with Crippen molar-refractivity contribution in [2.75, 3.05) is 19.8 Å². The number of amides is 1. The minimum absolute atomic E-state index is 0.259. The van der Waals surface area contributed by atoms with Crippen molar-refractivity contribution in [3.8, 4) is 0 Å². The van der Waals surface area contributed by atoms with Gasteiger partial charge in [0.25, 0.3) is 0 Å². The fraction of sp³-hybridized carbons (Fsp3) is 0.830. The van der Waals surface area contributed by atoms with E-state index in [4.69, 9.17) is 18.9 Å². The van der Waals surface area contributed by atoms with Gasteiger partial charge in [0.05, 0.1) is 32.0 Å². The van der Waals surface area contributed by atoms with E-state index in [1.807, 2.05) is 6.08 Å². The van der Waals surface area contributed by atoms with Crippen LogP contribution in [0.25, 0.3) is 0 Å². The Labute approximate surface area is 403 Å². The van der Waals surface area contributed by atoms with Gasteiger partial charge in [-0.1, -0.05) is 159 Å².